The molecule has 13 nitrogen and oxygen atoms in total. The Kier molecular flexibility index (Phi) is 8.57. The predicted molar refractivity (Wildman–Crippen MR) is 140 cm³/mol. The normalized spacial score (nSPS) is 18.6. The number of carbonyl (C=O) groups excluding carboxylic acids is 2. The third kappa shape index (κ3) is 6.41. The Labute approximate surface area is 226 Å². The maximum atomic E-state index is 13.6. The Morgan fingerprint density at radius 3 is 2.67 bits per heavy atom. The number of benzene rings is 2. The molecule has 1 aliphatic rings. The van der Waals surface area contributed by atoms with Gasteiger partial charge in [0.2, 0.25) is 15.9 Å². The fraction of sp³-hybridized carbons (Fsp3) is 0.400. The molecule has 2 amide bonds. The van der Waals surface area contributed by atoms with Crippen LogP contribution in [0.15, 0.2) is 59.8 Å². The summed E-state index contributed by atoms with van der Waals surface area (Å²) in [7, 11) is -2.29. The molecule has 0 radical (unpaired) electrons. The molecule has 0 fully saturated rings. The van der Waals surface area contributed by atoms with Gasteiger partial charge in [-0.15, -0.1) is 5.10 Å². The molecule has 0 saturated carbocycles. The van der Waals surface area contributed by atoms with Gasteiger partial charge in [-0.1, -0.05) is 25.1 Å². The summed E-state index contributed by atoms with van der Waals surface area (Å²) in [5.41, 5.74) is 0.537. The molecule has 3 aromatic rings. The highest BCUT2D eigenvalue weighted by molar-refractivity contribution is 7.89. The first kappa shape index (κ1) is 28.1. The summed E-state index contributed by atoms with van der Waals surface area (Å²) in [5.74, 6) is -0.809. The first-order valence-electron chi connectivity index (χ1n) is 12.3. The van der Waals surface area contributed by atoms with Crippen molar-refractivity contribution in [2.24, 2.45) is 5.92 Å². The fourth-order valence-corrected chi connectivity index (χ4v) is 5.45. The van der Waals surface area contributed by atoms with Crippen LogP contribution in [0.2, 0.25) is 0 Å². The molecule has 0 unspecified atom stereocenters. The fourth-order valence-electron chi connectivity index (χ4n) is 4.24. The van der Waals surface area contributed by atoms with Crippen molar-refractivity contribution >= 4 is 27.5 Å². The van der Waals surface area contributed by atoms with Crippen LogP contribution in [0.3, 0.4) is 0 Å². The zero-order valence-electron chi connectivity index (χ0n) is 21.8. The smallest absolute Gasteiger partial charge is 0.258 e. The highest BCUT2D eigenvalue weighted by atomic mass is 32.2. The van der Waals surface area contributed by atoms with E-state index in [0.717, 1.165) is 0 Å². The molecule has 2 aromatic carbocycles. The number of carbonyl (C=O) groups is 2. The van der Waals surface area contributed by atoms with Gasteiger partial charge < -0.3 is 20.1 Å². The lowest BCUT2D eigenvalue weighted by molar-refractivity contribution is -0.116. The van der Waals surface area contributed by atoms with E-state index in [1.807, 2.05) is 6.92 Å². The summed E-state index contributed by atoms with van der Waals surface area (Å²) in [6.07, 6.45) is 0.691. The predicted octanol–water partition coefficient (Wildman–Crippen LogP) is 0.853. The molecule has 39 heavy (non-hydrogen) atoms. The number of fused-ring (bicyclic) bond motifs is 1. The van der Waals surface area contributed by atoms with Crippen LogP contribution in [0.25, 0.3) is 0 Å². The SMILES string of the molecule is C[C@@H]1CN([C@@H](C)CO)C(=O)c2cc(NC(=O)Cn3cnnn3)ccc2O[C@@H]1CN(C)S(=O)(=O)c1ccccc1. The third-order valence-corrected chi connectivity index (χ3v) is 8.37. The average molecular weight is 558 g/mol. The number of sulfonamides is 1. The topological polar surface area (TPSA) is 160 Å². The second-order valence-corrected chi connectivity index (χ2v) is 11.5. The van der Waals surface area contributed by atoms with Gasteiger partial charge in [-0.2, -0.15) is 4.31 Å². The Bertz CT molecular complexity index is 1400. The summed E-state index contributed by atoms with van der Waals surface area (Å²) >= 11 is 0. The third-order valence-electron chi connectivity index (χ3n) is 6.53. The van der Waals surface area contributed by atoms with Gasteiger partial charge in [0, 0.05) is 25.2 Å². The summed E-state index contributed by atoms with van der Waals surface area (Å²) in [6, 6.07) is 12.3. The van der Waals surface area contributed by atoms with Gasteiger partial charge in [0.1, 0.15) is 24.7 Å². The van der Waals surface area contributed by atoms with Crippen molar-refractivity contribution in [1.29, 1.82) is 0 Å². The Hall–Kier alpha value is -3.88. The number of anilines is 1. The molecule has 0 saturated heterocycles. The van der Waals surface area contributed by atoms with E-state index < -0.39 is 28.1 Å². The summed E-state index contributed by atoms with van der Waals surface area (Å²) in [5, 5.41) is 23.2. The quantitative estimate of drug-likeness (QED) is 0.389. The van der Waals surface area contributed by atoms with Crippen molar-refractivity contribution in [2.45, 2.75) is 37.4 Å². The van der Waals surface area contributed by atoms with Crippen LogP contribution in [0.1, 0.15) is 24.2 Å². The van der Waals surface area contributed by atoms with E-state index in [-0.39, 0.29) is 54.3 Å². The number of nitrogens with one attached hydrogen (secondary N) is 1. The van der Waals surface area contributed by atoms with Crippen molar-refractivity contribution in [2.75, 3.05) is 32.1 Å². The Morgan fingerprint density at radius 1 is 1.26 bits per heavy atom. The molecule has 1 aromatic heterocycles. The van der Waals surface area contributed by atoms with Crippen LogP contribution in [-0.4, -0.2) is 93.6 Å². The zero-order chi connectivity index (χ0) is 28.2. The first-order chi connectivity index (χ1) is 18.6. The lowest BCUT2D eigenvalue weighted by Crippen LogP contribution is -2.50. The molecule has 0 spiro atoms. The van der Waals surface area contributed by atoms with Gasteiger partial charge in [-0.3, -0.25) is 9.59 Å². The van der Waals surface area contributed by atoms with Crippen molar-refractivity contribution in [3.05, 3.63) is 60.4 Å². The van der Waals surface area contributed by atoms with E-state index >= 15 is 0 Å². The number of nitrogens with zero attached hydrogens (tertiary/aromatic N) is 6. The standard InChI is InChI=1S/C25H31N7O6S/c1-17-12-32(18(2)15-33)25(35)21-11-19(27-24(34)14-31-16-26-28-29-31)9-10-22(21)38-23(17)13-30(3)39(36,37)20-7-5-4-6-8-20/h4-11,16-18,23,33H,12-15H2,1-3H3,(H,27,34)/t17-,18+,23-/m1/s1. The van der Waals surface area contributed by atoms with Crippen molar-refractivity contribution in [1.82, 2.24) is 29.4 Å². The first-order valence-corrected chi connectivity index (χ1v) is 13.8. The van der Waals surface area contributed by atoms with E-state index in [4.69, 9.17) is 4.74 Å². The number of aromatic nitrogens is 4. The molecule has 3 atom stereocenters. The lowest BCUT2D eigenvalue weighted by atomic mass is 9.99. The number of tetrazole rings is 1. The molecule has 2 heterocycles. The van der Waals surface area contributed by atoms with Crippen LogP contribution < -0.4 is 10.1 Å². The van der Waals surface area contributed by atoms with Crippen molar-refractivity contribution in [3.8, 4) is 5.75 Å². The molecular weight excluding hydrogens is 526 g/mol. The van der Waals surface area contributed by atoms with Gasteiger partial charge in [0.15, 0.2) is 0 Å². The highest BCUT2D eigenvalue weighted by Gasteiger charge is 2.35. The monoisotopic (exact) mass is 557 g/mol. The lowest BCUT2D eigenvalue weighted by Gasteiger charge is -2.38. The van der Waals surface area contributed by atoms with Crippen molar-refractivity contribution in [3.63, 3.8) is 0 Å². The number of hydrogen-bond acceptors (Lipinski definition) is 9. The Morgan fingerprint density at radius 2 is 2.00 bits per heavy atom. The molecule has 0 aliphatic carbocycles. The second kappa shape index (κ2) is 11.9. The van der Waals surface area contributed by atoms with Crippen molar-refractivity contribution < 1.29 is 27.9 Å². The van der Waals surface area contributed by atoms with Crippen LogP contribution in [0.5, 0.6) is 5.75 Å². The highest BCUT2D eigenvalue weighted by Crippen LogP contribution is 2.31. The number of aliphatic hydroxyl groups is 1. The van der Waals surface area contributed by atoms with Crippen LogP contribution in [0, 0.1) is 5.92 Å². The molecule has 2 N–H and O–H groups in total. The molecule has 208 valence electrons. The van der Waals surface area contributed by atoms with E-state index in [9.17, 15) is 23.1 Å². The Balaban J connectivity index is 1.62. The van der Waals surface area contributed by atoms with Gasteiger partial charge in [0.05, 0.1) is 29.7 Å². The van der Waals surface area contributed by atoms with E-state index in [1.165, 1.54) is 45.5 Å². The van der Waals surface area contributed by atoms with Gasteiger partial charge >= 0.3 is 0 Å². The van der Waals surface area contributed by atoms with E-state index in [0.29, 0.717) is 5.69 Å². The summed E-state index contributed by atoms with van der Waals surface area (Å²) in [6.45, 7) is 3.47. The second-order valence-electron chi connectivity index (χ2n) is 9.49. The number of likely N-dealkylation sites (N-methyl/N-ethyl adjacent to an activating group) is 1. The van der Waals surface area contributed by atoms with Crippen LogP contribution >= 0.6 is 0 Å². The minimum absolute atomic E-state index is 0.0256. The van der Waals surface area contributed by atoms with Crippen LogP contribution in [0.4, 0.5) is 5.69 Å². The number of aliphatic hydroxyl groups excluding tert-OH is 1. The largest absolute Gasteiger partial charge is 0.488 e. The average Bonchev–Trinajstić information content (AvgIpc) is 3.43. The molecule has 4 rings (SSSR count). The van der Waals surface area contributed by atoms with E-state index in [2.05, 4.69) is 20.8 Å². The number of amides is 2. The van der Waals surface area contributed by atoms with Gasteiger partial charge in [-0.25, -0.2) is 13.1 Å². The number of hydrogen-bond donors (Lipinski definition) is 2. The minimum atomic E-state index is -3.78. The molecule has 1 aliphatic heterocycles. The summed E-state index contributed by atoms with van der Waals surface area (Å²) in [4.78, 5) is 27.7. The summed E-state index contributed by atoms with van der Waals surface area (Å²) < 4.78 is 35.1. The van der Waals surface area contributed by atoms with Gasteiger partial charge in [-0.05, 0) is 47.7 Å². The zero-order valence-corrected chi connectivity index (χ0v) is 22.7. The number of rotatable bonds is 9. The van der Waals surface area contributed by atoms with E-state index in [1.54, 1.807) is 37.3 Å². The maximum absolute atomic E-state index is 13.6. The molecule has 0 bridgehead atoms. The molecular formula is C25H31N7O6S. The van der Waals surface area contributed by atoms with Crippen LogP contribution in [-0.2, 0) is 21.4 Å². The molecule has 14 heteroatoms. The minimum Gasteiger partial charge on any atom is -0.488 e. The maximum Gasteiger partial charge on any atom is 0.258 e. The number of ether oxygens (including phenoxy) is 1. The van der Waals surface area contributed by atoms with Gasteiger partial charge in [0.25, 0.3) is 5.91 Å².